The van der Waals surface area contributed by atoms with Crippen molar-refractivity contribution in [2.75, 3.05) is 18.4 Å². The van der Waals surface area contributed by atoms with Crippen molar-refractivity contribution >= 4 is 43.3 Å². The number of aromatic amines is 1. The Hall–Kier alpha value is -3.01. The van der Waals surface area contributed by atoms with Gasteiger partial charge in [-0.3, -0.25) is 10.1 Å². The van der Waals surface area contributed by atoms with Gasteiger partial charge in [0.2, 0.25) is 10.0 Å². The highest BCUT2D eigenvalue weighted by Crippen LogP contribution is 2.34. The summed E-state index contributed by atoms with van der Waals surface area (Å²) in [6.45, 7) is 4.85. The first-order valence-electron chi connectivity index (χ1n) is 11.3. The van der Waals surface area contributed by atoms with Crippen LogP contribution in [0.1, 0.15) is 40.9 Å². The van der Waals surface area contributed by atoms with Crippen LogP contribution in [0.2, 0.25) is 0 Å². The van der Waals surface area contributed by atoms with Crippen LogP contribution in [0.15, 0.2) is 52.7 Å². The van der Waals surface area contributed by atoms with Crippen molar-refractivity contribution in [1.29, 1.82) is 0 Å². The molecule has 3 heterocycles. The minimum Gasteiger partial charge on any atom is -0.358 e. The number of aromatic nitrogens is 2. The second-order valence-corrected chi connectivity index (χ2v) is 11.4. The van der Waals surface area contributed by atoms with E-state index in [4.69, 9.17) is 0 Å². The van der Waals surface area contributed by atoms with E-state index < -0.39 is 10.0 Å². The molecule has 1 aliphatic heterocycles. The predicted molar refractivity (Wildman–Crippen MR) is 136 cm³/mol. The van der Waals surface area contributed by atoms with Gasteiger partial charge in [-0.05, 0) is 50.5 Å². The van der Waals surface area contributed by atoms with E-state index in [1.54, 1.807) is 19.1 Å². The van der Waals surface area contributed by atoms with Crippen LogP contribution in [0.25, 0.3) is 22.2 Å². The first-order chi connectivity index (χ1) is 16.3. The third kappa shape index (κ3) is 4.15. The Bertz CT molecular complexity index is 1480. The summed E-state index contributed by atoms with van der Waals surface area (Å²) in [5.74, 6) is -0.371. The van der Waals surface area contributed by atoms with Crippen molar-refractivity contribution < 1.29 is 13.2 Å². The van der Waals surface area contributed by atoms with Gasteiger partial charge >= 0.3 is 0 Å². The summed E-state index contributed by atoms with van der Waals surface area (Å²) >= 11 is 1.34. The summed E-state index contributed by atoms with van der Waals surface area (Å²) in [7, 11) is -3.62. The lowest BCUT2D eigenvalue weighted by Gasteiger charge is -2.26. The smallest absolute Gasteiger partial charge is 0.257 e. The fourth-order valence-electron chi connectivity index (χ4n) is 4.48. The zero-order valence-electron chi connectivity index (χ0n) is 19.1. The number of nitrogens with zero attached hydrogens (tertiary/aromatic N) is 2. The van der Waals surface area contributed by atoms with Crippen LogP contribution in [-0.2, 0) is 10.0 Å². The molecule has 7 nitrogen and oxygen atoms in total. The number of sulfonamides is 1. The van der Waals surface area contributed by atoms with Crippen LogP contribution >= 0.6 is 11.3 Å². The summed E-state index contributed by atoms with van der Waals surface area (Å²) in [6, 6.07) is 12.8. The summed E-state index contributed by atoms with van der Waals surface area (Å²) in [5.41, 5.74) is 4.88. The third-order valence-corrected chi connectivity index (χ3v) is 8.93. The molecule has 0 radical (unpaired) electrons. The molecule has 5 rings (SSSR count). The predicted octanol–water partition coefficient (Wildman–Crippen LogP) is 5.34. The van der Waals surface area contributed by atoms with E-state index in [0.29, 0.717) is 29.3 Å². The van der Waals surface area contributed by atoms with Crippen molar-refractivity contribution in [2.45, 2.75) is 38.0 Å². The topological polar surface area (TPSA) is 95.2 Å². The largest absolute Gasteiger partial charge is 0.358 e. The van der Waals surface area contributed by atoms with Gasteiger partial charge in [0.15, 0.2) is 5.13 Å². The number of benzene rings is 2. The second kappa shape index (κ2) is 8.98. The Balaban J connectivity index is 1.41. The number of piperidine rings is 1. The average molecular weight is 495 g/mol. The molecule has 0 saturated carbocycles. The lowest BCUT2D eigenvalue weighted by atomic mass is 10.1. The Labute approximate surface area is 202 Å². The number of amides is 1. The van der Waals surface area contributed by atoms with E-state index in [0.717, 1.165) is 47.1 Å². The van der Waals surface area contributed by atoms with Crippen LogP contribution in [0, 0.1) is 13.8 Å². The van der Waals surface area contributed by atoms with Crippen molar-refractivity contribution in [1.82, 2.24) is 14.3 Å². The summed E-state index contributed by atoms with van der Waals surface area (Å²) in [5, 5.41) is 6.32. The maximum Gasteiger partial charge on any atom is 0.257 e. The first kappa shape index (κ1) is 22.8. The average Bonchev–Trinajstić information content (AvgIpc) is 3.42. The monoisotopic (exact) mass is 494 g/mol. The van der Waals surface area contributed by atoms with Crippen molar-refractivity contribution in [3.63, 3.8) is 0 Å². The van der Waals surface area contributed by atoms with Gasteiger partial charge in [-0.2, -0.15) is 4.31 Å². The van der Waals surface area contributed by atoms with E-state index in [9.17, 15) is 13.2 Å². The van der Waals surface area contributed by atoms with Crippen LogP contribution in [0.3, 0.4) is 0 Å². The molecule has 1 aliphatic rings. The van der Waals surface area contributed by atoms with Gasteiger partial charge in [0, 0.05) is 46.2 Å². The van der Waals surface area contributed by atoms with Crippen LogP contribution < -0.4 is 5.32 Å². The molecular weight excluding hydrogens is 468 g/mol. The highest BCUT2D eigenvalue weighted by atomic mass is 32.2. The maximum atomic E-state index is 13.1. The number of carbonyl (C=O) groups is 1. The van der Waals surface area contributed by atoms with E-state index >= 15 is 0 Å². The van der Waals surface area contributed by atoms with Crippen LogP contribution in [0.5, 0.6) is 0 Å². The van der Waals surface area contributed by atoms with E-state index in [-0.39, 0.29) is 10.8 Å². The SMILES string of the molecule is Cc1ccc(S(=O)(=O)N2CCCCC2)cc1C(=O)Nc1nc(-c2c(C)[nH]c3ccccc23)cs1. The van der Waals surface area contributed by atoms with Gasteiger partial charge in [0.1, 0.15) is 0 Å². The third-order valence-electron chi connectivity index (χ3n) is 6.28. The number of rotatable bonds is 5. The molecule has 0 spiro atoms. The summed E-state index contributed by atoms with van der Waals surface area (Å²) in [6.07, 6.45) is 2.77. The zero-order valence-corrected chi connectivity index (χ0v) is 20.7. The minimum absolute atomic E-state index is 0.152. The molecule has 1 saturated heterocycles. The lowest BCUT2D eigenvalue weighted by Crippen LogP contribution is -2.35. The van der Waals surface area contributed by atoms with Crippen LogP contribution in [-0.4, -0.2) is 41.7 Å². The molecule has 0 bridgehead atoms. The molecule has 4 aromatic rings. The summed E-state index contributed by atoms with van der Waals surface area (Å²) in [4.78, 5) is 21.3. The molecule has 1 amide bonds. The van der Waals surface area contributed by atoms with Gasteiger partial charge < -0.3 is 4.98 Å². The molecule has 0 unspecified atom stereocenters. The standard InChI is InChI=1S/C25H26N4O3S2/c1-16-10-11-18(34(31,32)29-12-6-3-7-13-29)14-20(16)24(30)28-25-27-22(15-33-25)23-17(2)26-21-9-5-4-8-19(21)23/h4-5,8-11,14-15,26H,3,6-7,12-13H2,1-2H3,(H,27,28,30). The number of aryl methyl sites for hydroxylation is 2. The lowest BCUT2D eigenvalue weighted by molar-refractivity contribution is 0.102. The number of anilines is 1. The molecule has 1 fully saturated rings. The molecule has 2 aromatic carbocycles. The number of thiazole rings is 1. The minimum atomic E-state index is -3.62. The van der Waals surface area contributed by atoms with Gasteiger partial charge in [0.25, 0.3) is 5.91 Å². The molecule has 0 aliphatic carbocycles. The van der Waals surface area contributed by atoms with Gasteiger partial charge in [-0.15, -0.1) is 11.3 Å². The van der Waals surface area contributed by atoms with Gasteiger partial charge in [-0.1, -0.05) is 30.7 Å². The molecule has 9 heteroatoms. The number of fused-ring (bicyclic) bond motifs is 1. The van der Waals surface area contributed by atoms with Gasteiger partial charge in [0.05, 0.1) is 10.6 Å². The fraction of sp³-hybridized carbons (Fsp3) is 0.280. The number of hydrogen-bond donors (Lipinski definition) is 2. The molecule has 2 N–H and O–H groups in total. The molecule has 2 aromatic heterocycles. The Kier molecular flexibility index (Phi) is 6.01. The second-order valence-electron chi connectivity index (χ2n) is 8.60. The maximum absolute atomic E-state index is 13.1. The summed E-state index contributed by atoms with van der Waals surface area (Å²) < 4.78 is 27.7. The van der Waals surface area contributed by atoms with Crippen molar-refractivity contribution in [2.24, 2.45) is 0 Å². The van der Waals surface area contributed by atoms with Crippen molar-refractivity contribution in [3.8, 4) is 11.3 Å². The number of carbonyl (C=O) groups excluding carboxylic acids is 1. The Morgan fingerprint density at radius 2 is 1.85 bits per heavy atom. The normalized spacial score (nSPS) is 15.0. The molecule has 0 atom stereocenters. The molecule has 176 valence electrons. The van der Waals surface area contributed by atoms with E-state index in [1.165, 1.54) is 21.7 Å². The van der Waals surface area contributed by atoms with E-state index in [2.05, 4.69) is 15.3 Å². The number of hydrogen-bond acceptors (Lipinski definition) is 5. The number of nitrogens with one attached hydrogen (secondary N) is 2. The number of H-pyrrole nitrogens is 1. The Morgan fingerprint density at radius 1 is 1.09 bits per heavy atom. The van der Waals surface area contributed by atoms with Crippen molar-refractivity contribution in [3.05, 3.63) is 64.7 Å². The quantitative estimate of drug-likeness (QED) is 0.392. The molecular formula is C25H26N4O3S2. The Morgan fingerprint density at radius 3 is 2.65 bits per heavy atom. The number of para-hydroxylation sites is 1. The van der Waals surface area contributed by atoms with E-state index in [1.807, 2.05) is 36.6 Å². The van der Waals surface area contributed by atoms with Gasteiger partial charge in [-0.25, -0.2) is 13.4 Å². The fourth-order valence-corrected chi connectivity index (χ4v) is 6.72. The van der Waals surface area contributed by atoms with Crippen LogP contribution in [0.4, 0.5) is 5.13 Å². The highest BCUT2D eigenvalue weighted by molar-refractivity contribution is 7.89. The first-order valence-corrected chi connectivity index (χ1v) is 13.6. The molecule has 34 heavy (non-hydrogen) atoms. The highest BCUT2D eigenvalue weighted by Gasteiger charge is 2.27. The zero-order chi connectivity index (χ0) is 23.9.